The molecule has 0 amide bonds. The van der Waals surface area contributed by atoms with Gasteiger partial charge in [0, 0.05) is 31.5 Å². The molecule has 33 heavy (non-hydrogen) atoms. The molecule has 0 N–H and O–H groups in total. The molecular weight excluding hydrogens is 419 g/mol. The van der Waals surface area contributed by atoms with Gasteiger partial charge in [0.1, 0.15) is 5.82 Å². The van der Waals surface area contributed by atoms with Gasteiger partial charge in [-0.25, -0.2) is 14.1 Å². The summed E-state index contributed by atoms with van der Waals surface area (Å²) >= 11 is 0. The fourth-order valence-corrected chi connectivity index (χ4v) is 4.55. The van der Waals surface area contributed by atoms with Crippen LogP contribution in [0, 0.1) is 5.82 Å². The van der Waals surface area contributed by atoms with E-state index in [2.05, 4.69) is 43.0 Å². The average Bonchev–Trinajstić information content (AvgIpc) is 3.25. The van der Waals surface area contributed by atoms with Gasteiger partial charge in [0.2, 0.25) is 0 Å². The summed E-state index contributed by atoms with van der Waals surface area (Å²) in [6.45, 7) is 8.33. The number of hydrogen-bond donors (Lipinski definition) is 0. The first kappa shape index (κ1) is 22.2. The number of nitrogens with zero attached hydrogens (tertiary/aromatic N) is 4. The molecule has 1 spiro atoms. The zero-order valence-electron chi connectivity index (χ0n) is 19.3. The first-order valence-corrected chi connectivity index (χ1v) is 11.8. The second-order valence-corrected chi connectivity index (χ2v) is 9.25. The highest BCUT2D eigenvalue weighted by atomic mass is 19.1. The zero-order valence-corrected chi connectivity index (χ0v) is 19.3. The van der Waals surface area contributed by atoms with Crippen LogP contribution in [0.4, 0.5) is 4.39 Å². The van der Waals surface area contributed by atoms with E-state index in [1.807, 2.05) is 4.68 Å². The number of likely N-dealkylation sites (tertiary alicyclic amines) is 1. The molecule has 2 saturated heterocycles. The minimum atomic E-state index is -0.404. The third-order valence-electron chi connectivity index (χ3n) is 6.56. The molecule has 2 aliphatic heterocycles. The topological polar surface area (TPSA) is 52.4 Å². The molecule has 5 rings (SSSR count). The summed E-state index contributed by atoms with van der Waals surface area (Å²) in [5.41, 5.74) is 3.06. The number of halogens is 1. The van der Waals surface area contributed by atoms with Crippen molar-refractivity contribution in [1.29, 1.82) is 0 Å². The lowest BCUT2D eigenvalue weighted by Crippen LogP contribution is -2.49. The van der Waals surface area contributed by atoms with Crippen LogP contribution < -0.4 is 0 Å². The van der Waals surface area contributed by atoms with Gasteiger partial charge in [-0.3, -0.25) is 4.90 Å². The van der Waals surface area contributed by atoms with Crippen molar-refractivity contribution in [3.63, 3.8) is 0 Å². The van der Waals surface area contributed by atoms with Gasteiger partial charge in [-0.2, -0.15) is 0 Å². The highest BCUT2D eigenvalue weighted by molar-refractivity contribution is 5.58. The van der Waals surface area contributed by atoms with Gasteiger partial charge >= 0.3 is 0 Å². The maximum absolute atomic E-state index is 13.5. The molecular formula is C26H31FN4O2. The summed E-state index contributed by atoms with van der Waals surface area (Å²) in [6.07, 6.45) is 2.68. The summed E-state index contributed by atoms with van der Waals surface area (Å²) in [5, 5.41) is 4.82. The number of rotatable bonds is 5. The Morgan fingerprint density at radius 3 is 2.27 bits per heavy atom. The summed E-state index contributed by atoms with van der Waals surface area (Å²) in [6, 6.07) is 14.8. The van der Waals surface area contributed by atoms with Crippen molar-refractivity contribution in [2.75, 3.05) is 26.3 Å². The Morgan fingerprint density at radius 2 is 1.64 bits per heavy atom. The van der Waals surface area contributed by atoms with E-state index in [4.69, 9.17) is 19.6 Å². The second kappa shape index (κ2) is 9.33. The molecule has 1 aromatic heterocycles. The van der Waals surface area contributed by atoms with Crippen LogP contribution in [0.25, 0.3) is 17.1 Å². The van der Waals surface area contributed by atoms with Gasteiger partial charge < -0.3 is 9.47 Å². The molecule has 6 nitrogen and oxygen atoms in total. The molecule has 2 aliphatic rings. The van der Waals surface area contributed by atoms with Gasteiger partial charge in [-0.15, -0.1) is 5.10 Å². The van der Waals surface area contributed by atoms with Gasteiger partial charge in [-0.1, -0.05) is 38.1 Å². The SMILES string of the molecule is CC(C)c1ccc(-c2nc(CN3CCC4(CC3)OCCCO4)nn2-c2ccc(F)cc2)cc1. The van der Waals surface area contributed by atoms with Crippen molar-refractivity contribution < 1.29 is 13.9 Å². The predicted molar refractivity (Wildman–Crippen MR) is 125 cm³/mol. The number of benzene rings is 2. The van der Waals surface area contributed by atoms with Gasteiger partial charge in [0.05, 0.1) is 25.4 Å². The lowest BCUT2D eigenvalue weighted by atomic mass is 10.0. The first-order valence-electron chi connectivity index (χ1n) is 11.8. The Labute approximate surface area is 194 Å². The van der Waals surface area contributed by atoms with Crippen LogP contribution in [-0.2, 0) is 16.0 Å². The zero-order chi connectivity index (χ0) is 22.8. The van der Waals surface area contributed by atoms with E-state index in [1.54, 1.807) is 12.1 Å². The molecule has 3 heterocycles. The lowest BCUT2D eigenvalue weighted by Gasteiger charge is -2.43. The predicted octanol–water partition coefficient (Wildman–Crippen LogP) is 4.93. The maximum atomic E-state index is 13.5. The Hall–Kier alpha value is -2.61. The molecule has 7 heteroatoms. The molecule has 2 fully saturated rings. The van der Waals surface area contributed by atoms with Crippen LogP contribution >= 0.6 is 0 Å². The summed E-state index contributed by atoms with van der Waals surface area (Å²) in [5.74, 6) is 1.31. The van der Waals surface area contributed by atoms with E-state index in [0.717, 1.165) is 68.5 Å². The average molecular weight is 451 g/mol. The van der Waals surface area contributed by atoms with Gasteiger partial charge in [-0.05, 0) is 42.2 Å². The van der Waals surface area contributed by atoms with E-state index in [9.17, 15) is 4.39 Å². The fourth-order valence-electron chi connectivity index (χ4n) is 4.55. The molecule has 0 atom stereocenters. The van der Waals surface area contributed by atoms with Crippen LogP contribution in [0.3, 0.4) is 0 Å². The third-order valence-corrected chi connectivity index (χ3v) is 6.56. The van der Waals surface area contributed by atoms with Crippen molar-refractivity contribution in [3.8, 4) is 17.1 Å². The number of ether oxygens (including phenoxy) is 2. The fraction of sp³-hybridized carbons (Fsp3) is 0.462. The normalized spacial score (nSPS) is 18.8. The Morgan fingerprint density at radius 1 is 0.970 bits per heavy atom. The smallest absolute Gasteiger partial charge is 0.170 e. The molecule has 174 valence electrons. The summed E-state index contributed by atoms with van der Waals surface area (Å²) in [7, 11) is 0. The van der Waals surface area contributed by atoms with Crippen LogP contribution in [0.2, 0.25) is 0 Å². The monoisotopic (exact) mass is 450 g/mol. The van der Waals surface area contributed by atoms with Crippen molar-refractivity contribution in [2.45, 2.75) is 51.4 Å². The third kappa shape index (κ3) is 4.86. The van der Waals surface area contributed by atoms with Crippen molar-refractivity contribution in [1.82, 2.24) is 19.7 Å². The second-order valence-electron chi connectivity index (χ2n) is 9.25. The van der Waals surface area contributed by atoms with Crippen molar-refractivity contribution in [3.05, 3.63) is 65.7 Å². The molecule has 0 saturated carbocycles. The van der Waals surface area contributed by atoms with Gasteiger partial charge in [0.25, 0.3) is 0 Å². The number of aromatic nitrogens is 3. The Balaban J connectivity index is 1.39. The summed E-state index contributed by atoms with van der Waals surface area (Å²) in [4.78, 5) is 7.26. The number of piperidine rings is 1. The van der Waals surface area contributed by atoms with E-state index < -0.39 is 5.79 Å². The lowest BCUT2D eigenvalue weighted by molar-refractivity contribution is -0.284. The largest absolute Gasteiger partial charge is 0.350 e. The summed E-state index contributed by atoms with van der Waals surface area (Å²) < 4.78 is 27.3. The van der Waals surface area contributed by atoms with Crippen molar-refractivity contribution >= 4 is 0 Å². The maximum Gasteiger partial charge on any atom is 0.170 e. The van der Waals surface area contributed by atoms with Crippen molar-refractivity contribution in [2.24, 2.45) is 0 Å². The molecule has 2 aromatic carbocycles. The molecule has 0 aliphatic carbocycles. The highest BCUT2D eigenvalue weighted by Crippen LogP contribution is 2.31. The standard InChI is InChI=1S/C26H31FN4O2/c1-19(2)20-4-6-21(7-5-20)25-28-24(29-31(25)23-10-8-22(27)9-11-23)18-30-14-12-26(13-15-30)32-16-3-17-33-26/h4-11,19H,3,12-18H2,1-2H3. The van der Waals surface area contributed by atoms with Gasteiger partial charge in [0.15, 0.2) is 17.4 Å². The van der Waals surface area contributed by atoms with Crippen LogP contribution in [0.1, 0.15) is 50.4 Å². The van der Waals surface area contributed by atoms with E-state index >= 15 is 0 Å². The van der Waals surface area contributed by atoms with E-state index in [-0.39, 0.29) is 5.82 Å². The molecule has 3 aromatic rings. The molecule has 0 unspecified atom stereocenters. The van der Waals surface area contributed by atoms with Crippen LogP contribution in [-0.4, -0.2) is 51.8 Å². The first-order chi connectivity index (χ1) is 16.0. The minimum Gasteiger partial charge on any atom is -0.350 e. The van der Waals surface area contributed by atoms with Crippen LogP contribution in [0.5, 0.6) is 0 Å². The Bertz CT molecular complexity index is 1060. The molecule has 0 bridgehead atoms. The highest BCUT2D eigenvalue weighted by Gasteiger charge is 2.38. The van der Waals surface area contributed by atoms with E-state index in [0.29, 0.717) is 12.5 Å². The minimum absolute atomic E-state index is 0.267. The van der Waals surface area contributed by atoms with Crippen LogP contribution in [0.15, 0.2) is 48.5 Å². The quantitative estimate of drug-likeness (QED) is 0.552. The Kier molecular flexibility index (Phi) is 6.27. The van der Waals surface area contributed by atoms with E-state index in [1.165, 1.54) is 17.7 Å². The number of hydrogen-bond acceptors (Lipinski definition) is 5. The molecule has 0 radical (unpaired) electrons.